The lowest BCUT2D eigenvalue weighted by Crippen LogP contribution is -2.42. The number of nitrogens with zero attached hydrogens (tertiary/aromatic N) is 1. The van der Waals surface area contributed by atoms with E-state index in [1.807, 2.05) is 6.07 Å². The molecule has 0 spiro atoms. The van der Waals surface area contributed by atoms with Crippen LogP contribution in [0.3, 0.4) is 0 Å². The van der Waals surface area contributed by atoms with Crippen molar-refractivity contribution < 1.29 is 23.8 Å². The van der Waals surface area contributed by atoms with Crippen molar-refractivity contribution in [2.45, 2.75) is 18.9 Å². The fraction of sp³-hybridized carbons (Fsp3) is 0.280. The summed E-state index contributed by atoms with van der Waals surface area (Å²) < 4.78 is 16.0. The molecular formula is C25H28N2O5. The molecule has 0 aliphatic carbocycles. The molecule has 3 rings (SSSR count). The Morgan fingerprint density at radius 3 is 2.59 bits per heavy atom. The largest absolute Gasteiger partial charge is 0.497 e. The third-order valence-corrected chi connectivity index (χ3v) is 5.16. The summed E-state index contributed by atoms with van der Waals surface area (Å²) in [4.78, 5) is 27.2. The molecule has 0 bridgehead atoms. The number of rotatable bonds is 9. The second-order valence-electron chi connectivity index (χ2n) is 7.25. The van der Waals surface area contributed by atoms with Gasteiger partial charge in [-0.3, -0.25) is 9.59 Å². The van der Waals surface area contributed by atoms with Crippen molar-refractivity contribution in [2.75, 3.05) is 32.7 Å². The predicted octanol–water partition coefficient (Wildman–Crippen LogP) is 3.91. The summed E-state index contributed by atoms with van der Waals surface area (Å²) in [6, 6.07) is 12.0. The van der Waals surface area contributed by atoms with E-state index in [4.69, 9.17) is 14.2 Å². The Morgan fingerprint density at radius 1 is 1.12 bits per heavy atom. The Hall–Kier alpha value is -3.74. The number of hydrogen-bond acceptors (Lipinski definition) is 5. The van der Waals surface area contributed by atoms with Crippen molar-refractivity contribution in [2.24, 2.45) is 0 Å². The maximum absolute atomic E-state index is 12.8. The summed E-state index contributed by atoms with van der Waals surface area (Å²) in [6.45, 7) is 4.55. The number of carbonyl (C=O) groups is 2. The van der Waals surface area contributed by atoms with Crippen LogP contribution >= 0.6 is 0 Å². The molecule has 7 nitrogen and oxygen atoms in total. The first-order valence-corrected chi connectivity index (χ1v) is 10.4. The van der Waals surface area contributed by atoms with Crippen LogP contribution < -0.4 is 19.5 Å². The number of anilines is 1. The van der Waals surface area contributed by atoms with Crippen LogP contribution in [0.25, 0.3) is 6.08 Å². The highest BCUT2D eigenvalue weighted by molar-refractivity contribution is 6.00. The van der Waals surface area contributed by atoms with Gasteiger partial charge in [-0.1, -0.05) is 18.7 Å². The van der Waals surface area contributed by atoms with E-state index in [1.165, 1.54) is 6.08 Å². The van der Waals surface area contributed by atoms with E-state index >= 15 is 0 Å². The van der Waals surface area contributed by atoms with Crippen LogP contribution in [0.1, 0.15) is 18.4 Å². The lowest BCUT2D eigenvalue weighted by Gasteiger charge is -2.22. The first-order valence-electron chi connectivity index (χ1n) is 10.4. The van der Waals surface area contributed by atoms with Gasteiger partial charge in [-0.25, -0.2) is 0 Å². The third kappa shape index (κ3) is 5.69. The van der Waals surface area contributed by atoms with Gasteiger partial charge in [0, 0.05) is 18.3 Å². The molecule has 1 N–H and O–H groups in total. The second kappa shape index (κ2) is 11.0. The van der Waals surface area contributed by atoms with Gasteiger partial charge in [0.1, 0.15) is 18.4 Å². The summed E-state index contributed by atoms with van der Waals surface area (Å²) in [7, 11) is 3.15. The third-order valence-electron chi connectivity index (χ3n) is 5.16. The van der Waals surface area contributed by atoms with Crippen LogP contribution in [0.15, 0.2) is 61.2 Å². The molecule has 1 saturated heterocycles. The Bertz CT molecular complexity index is 984. The van der Waals surface area contributed by atoms with Crippen LogP contribution in [-0.4, -0.2) is 50.1 Å². The average Bonchev–Trinajstić information content (AvgIpc) is 3.32. The van der Waals surface area contributed by atoms with Gasteiger partial charge in [-0.05, 0) is 60.9 Å². The number of amides is 2. The molecule has 0 radical (unpaired) electrons. The molecule has 7 heteroatoms. The van der Waals surface area contributed by atoms with Crippen molar-refractivity contribution in [3.63, 3.8) is 0 Å². The molecule has 1 aliphatic rings. The van der Waals surface area contributed by atoms with Crippen LogP contribution in [-0.2, 0) is 9.59 Å². The zero-order chi connectivity index (χ0) is 22.9. The van der Waals surface area contributed by atoms with Crippen molar-refractivity contribution in [3.8, 4) is 17.2 Å². The van der Waals surface area contributed by atoms with Gasteiger partial charge in [0.25, 0.3) is 0 Å². The van der Waals surface area contributed by atoms with E-state index in [9.17, 15) is 9.59 Å². The fourth-order valence-electron chi connectivity index (χ4n) is 3.52. The van der Waals surface area contributed by atoms with E-state index < -0.39 is 6.04 Å². The quantitative estimate of drug-likeness (QED) is 0.476. The molecule has 2 aromatic carbocycles. The standard InChI is InChI=1S/C25H28N2O5/c1-4-16-32-22-13-7-18(17-23(22)31-3)8-14-24(28)27-15-5-6-21(27)25(29)26-19-9-11-20(30-2)12-10-19/h4,7-14,17,21H,1,5-6,15-16H2,2-3H3,(H,26,29). The van der Waals surface area contributed by atoms with Crippen LogP contribution in [0.4, 0.5) is 5.69 Å². The molecule has 1 heterocycles. The Labute approximate surface area is 188 Å². The SMILES string of the molecule is C=CCOc1ccc(C=CC(=O)N2CCCC2C(=O)Nc2ccc(OC)cc2)cc1OC. The lowest BCUT2D eigenvalue weighted by molar-refractivity contribution is -0.132. The average molecular weight is 437 g/mol. The molecule has 2 aromatic rings. The Morgan fingerprint density at radius 2 is 1.91 bits per heavy atom. The van der Waals surface area contributed by atoms with Crippen molar-refractivity contribution in [1.29, 1.82) is 0 Å². The van der Waals surface area contributed by atoms with Crippen molar-refractivity contribution in [3.05, 3.63) is 66.8 Å². The van der Waals surface area contributed by atoms with E-state index in [2.05, 4.69) is 11.9 Å². The zero-order valence-electron chi connectivity index (χ0n) is 18.4. The van der Waals surface area contributed by atoms with Gasteiger partial charge in [-0.2, -0.15) is 0 Å². The van der Waals surface area contributed by atoms with Gasteiger partial charge in [0.2, 0.25) is 11.8 Å². The van der Waals surface area contributed by atoms with E-state index in [-0.39, 0.29) is 11.8 Å². The second-order valence-corrected chi connectivity index (χ2v) is 7.25. The van der Waals surface area contributed by atoms with Crippen LogP contribution in [0.5, 0.6) is 17.2 Å². The molecule has 1 aliphatic heterocycles. The minimum absolute atomic E-state index is 0.195. The van der Waals surface area contributed by atoms with Gasteiger partial charge in [-0.15, -0.1) is 0 Å². The molecule has 1 atom stereocenters. The Balaban J connectivity index is 1.65. The minimum Gasteiger partial charge on any atom is -0.497 e. The minimum atomic E-state index is -0.501. The Kier molecular flexibility index (Phi) is 7.91. The molecule has 2 amide bonds. The first kappa shape index (κ1) is 22.9. The number of carbonyl (C=O) groups excluding carboxylic acids is 2. The number of likely N-dealkylation sites (tertiary alicyclic amines) is 1. The van der Waals surface area contributed by atoms with E-state index in [1.54, 1.807) is 67.7 Å². The molecule has 0 aromatic heterocycles. The summed E-state index contributed by atoms with van der Waals surface area (Å²) >= 11 is 0. The number of methoxy groups -OCH3 is 2. The van der Waals surface area contributed by atoms with Gasteiger partial charge in [0.15, 0.2) is 11.5 Å². The van der Waals surface area contributed by atoms with E-state index in [0.29, 0.717) is 42.5 Å². The summed E-state index contributed by atoms with van der Waals surface area (Å²) in [5.41, 5.74) is 1.45. The normalized spacial score (nSPS) is 15.4. The molecule has 0 saturated carbocycles. The maximum atomic E-state index is 12.8. The highest BCUT2D eigenvalue weighted by Gasteiger charge is 2.33. The molecule has 32 heavy (non-hydrogen) atoms. The number of benzene rings is 2. The molecule has 168 valence electrons. The monoisotopic (exact) mass is 436 g/mol. The summed E-state index contributed by atoms with van der Waals surface area (Å²) in [5, 5.41) is 2.88. The number of nitrogens with one attached hydrogen (secondary N) is 1. The smallest absolute Gasteiger partial charge is 0.247 e. The maximum Gasteiger partial charge on any atom is 0.247 e. The summed E-state index contributed by atoms with van der Waals surface area (Å²) in [6.07, 6.45) is 6.26. The van der Waals surface area contributed by atoms with Gasteiger partial charge < -0.3 is 24.4 Å². The van der Waals surface area contributed by atoms with E-state index in [0.717, 1.165) is 12.0 Å². The molecular weight excluding hydrogens is 408 g/mol. The highest BCUT2D eigenvalue weighted by atomic mass is 16.5. The van der Waals surface area contributed by atoms with Crippen molar-refractivity contribution in [1.82, 2.24) is 4.90 Å². The fourth-order valence-corrected chi connectivity index (χ4v) is 3.52. The summed E-state index contributed by atoms with van der Waals surface area (Å²) in [5.74, 6) is 1.48. The molecule has 1 unspecified atom stereocenters. The van der Waals surface area contributed by atoms with Gasteiger partial charge >= 0.3 is 0 Å². The highest BCUT2D eigenvalue weighted by Crippen LogP contribution is 2.29. The number of hydrogen-bond donors (Lipinski definition) is 1. The van der Waals surface area contributed by atoms with Crippen LogP contribution in [0, 0.1) is 0 Å². The van der Waals surface area contributed by atoms with Crippen molar-refractivity contribution >= 4 is 23.6 Å². The zero-order valence-corrected chi connectivity index (χ0v) is 18.4. The predicted molar refractivity (Wildman–Crippen MR) is 124 cm³/mol. The van der Waals surface area contributed by atoms with Crippen LogP contribution in [0.2, 0.25) is 0 Å². The lowest BCUT2D eigenvalue weighted by atomic mass is 10.1. The topological polar surface area (TPSA) is 77.1 Å². The number of ether oxygens (including phenoxy) is 3. The molecule has 1 fully saturated rings. The van der Waals surface area contributed by atoms with Gasteiger partial charge in [0.05, 0.1) is 14.2 Å². The first-order chi connectivity index (χ1) is 15.5.